The molecule has 0 aliphatic heterocycles. The normalized spacial score (nSPS) is 10.2. The number of carboxylic acid groups (broad SMARTS) is 1. The van der Waals surface area contributed by atoms with Crippen molar-refractivity contribution in [2.45, 2.75) is 12.8 Å². The molecule has 2 rings (SSSR count). The highest BCUT2D eigenvalue weighted by Gasteiger charge is 2.17. The van der Waals surface area contributed by atoms with Gasteiger partial charge in [-0.3, -0.25) is 4.79 Å². The average Bonchev–Trinajstić information content (AvgIpc) is 2.52. The van der Waals surface area contributed by atoms with Crippen LogP contribution in [0.5, 0.6) is 5.75 Å². The van der Waals surface area contributed by atoms with Crippen molar-refractivity contribution in [3.63, 3.8) is 0 Å². The zero-order chi connectivity index (χ0) is 16.1. The van der Waals surface area contributed by atoms with Crippen LogP contribution in [0.1, 0.15) is 21.5 Å². The molecule has 0 aliphatic rings. The Morgan fingerprint density at radius 3 is 2.36 bits per heavy atom. The molecular weight excluding hydrogens is 282 g/mol. The van der Waals surface area contributed by atoms with Crippen molar-refractivity contribution in [2.24, 2.45) is 0 Å². The molecule has 0 atom stereocenters. The van der Waals surface area contributed by atoms with Crippen molar-refractivity contribution in [3.8, 4) is 5.75 Å². The maximum Gasteiger partial charge on any atom is 0.377 e. The van der Waals surface area contributed by atoms with E-state index < -0.39 is 11.8 Å². The molecule has 0 aromatic heterocycles. The number of methoxy groups -OCH3 is 1. The third-order valence-electron chi connectivity index (χ3n) is 3.39. The lowest BCUT2D eigenvalue weighted by atomic mass is 10.0. The summed E-state index contributed by atoms with van der Waals surface area (Å²) >= 11 is 0. The average molecular weight is 299 g/mol. The van der Waals surface area contributed by atoms with Crippen molar-refractivity contribution in [1.29, 1.82) is 0 Å². The van der Waals surface area contributed by atoms with Crippen molar-refractivity contribution >= 4 is 17.4 Å². The largest absolute Gasteiger partial charge is 0.497 e. The van der Waals surface area contributed by atoms with E-state index in [1.165, 1.54) is 6.07 Å². The summed E-state index contributed by atoms with van der Waals surface area (Å²) in [6, 6.07) is 12.6. The number of carbonyl (C=O) groups excluding carboxylic acids is 1. The van der Waals surface area contributed by atoms with Gasteiger partial charge in [-0.2, -0.15) is 0 Å². The summed E-state index contributed by atoms with van der Waals surface area (Å²) in [6.07, 6.45) is 1.53. The van der Waals surface area contributed by atoms with Crippen LogP contribution in [0, 0.1) is 0 Å². The first-order valence-electron chi connectivity index (χ1n) is 6.80. The second-order valence-corrected chi connectivity index (χ2v) is 4.91. The predicted molar refractivity (Wildman–Crippen MR) is 83.2 cm³/mol. The van der Waals surface area contributed by atoms with Crippen LogP contribution >= 0.6 is 0 Å². The standard InChI is InChI=1S/C17H17NO4/c1-22-13-4-2-3-11(9-13)5-6-12-7-8-14(15(18)10-12)16(19)17(20)21/h2-4,7-10H,5-6,18H2,1H3,(H,20,21). The van der Waals surface area contributed by atoms with Gasteiger partial charge in [0, 0.05) is 5.69 Å². The number of carbonyl (C=O) groups is 2. The minimum absolute atomic E-state index is 0.0256. The fourth-order valence-corrected chi connectivity index (χ4v) is 2.21. The van der Waals surface area contributed by atoms with Gasteiger partial charge in [-0.15, -0.1) is 0 Å². The molecule has 5 nitrogen and oxygen atoms in total. The molecule has 0 saturated heterocycles. The zero-order valence-electron chi connectivity index (χ0n) is 12.2. The SMILES string of the molecule is COc1cccc(CCc2ccc(C(=O)C(=O)O)c(N)c2)c1. The molecule has 0 bridgehead atoms. The molecule has 0 aliphatic carbocycles. The van der Waals surface area contributed by atoms with Gasteiger partial charge in [0.1, 0.15) is 5.75 Å². The number of nitrogens with two attached hydrogens (primary N) is 1. The number of hydrogen-bond acceptors (Lipinski definition) is 4. The maximum atomic E-state index is 11.4. The molecule has 3 N–H and O–H groups in total. The molecule has 0 saturated carbocycles. The highest BCUT2D eigenvalue weighted by molar-refractivity contribution is 6.41. The summed E-state index contributed by atoms with van der Waals surface area (Å²) < 4.78 is 5.18. The molecule has 0 amide bonds. The smallest absolute Gasteiger partial charge is 0.377 e. The van der Waals surface area contributed by atoms with Gasteiger partial charge in [0.2, 0.25) is 0 Å². The van der Waals surface area contributed by atoms with E-state index in [9.17, 15) is 9.59 Å². The molecule has 114 valence electrons. The number of hydrogen-bond donors (Lipinski definition) is 2. The van der Waals surface area contributed by atoms with Crippen molar-refractivity contribution in [2.75, 3.05) is 12.8 Å². The Balaban J connectivity index is 2.09. The van der Waals surface area contributed by atoms with Crippen LogP contribution in [0.4, 0.5) is 5.69 Å². The second kappa shape index (κ2) is 6.76. The summed E-state index contributed by atoms with van der Waals surface area (Å²) in [5, 5.41) is 8.71. The predicted octanol–water partition coefficient (Wildman–Crippen LogP) is 2.33. The van der Waals surface area contributed by atoms with E-state index >= 15 is 0 Å². The molecule has 0 spiro atoms. The molecule has 0 unspecified atom stereocenters. The zero-order valence-corrected chi connectivity index (χ0v) is 12.2. The highest BCUT2D eigenvalue weighted by atomic mass is 16.5. The van der Waals surface area contributed by atoms with E-state index in [2.05, 4.69) is 0 Å². The molecule has 0 heterocycles. The summed E-state index contributed by atoms with van der Waals surface area (Å²) in [7, 11) is 1.62. The molecule has 2 aromatic carbocycles. The fourth-order valence-electron chi connectivity index (χ4n) is 2.21. The number of aryl methyl sites for hydroxylation is 2. The third-order valence-corrected chi connectivity index (χ3v) is 3.39. The van der Waals surface area contributed by atoms with Gasteiger partial charge < -0.3 is 15.6 Å². The van der Waals surface area contributed by atoms with Gasteiger partial charge in [0.15, 0.2) is 0 Å². The minimum Gasteiger partial charge on any atom is -0.497 e. The van der Waals surface area contributed by atoms with E-state index in [0.717, 1.165) is 29.7 Å². The number of nitrogen functional groups attached to an aromatic ring is 1. The third kappa shape index (κ3) is 3.63. The van der Waals surface area contributed by atoms with Gasteiger partial charge in [-0.25, -0.2) is 4.79 Å². The molecule has 22 heavy (non-hydrogen) atoms. The van der Waals surface area contributed by atoms with E-state index in [4.69, 9.17) is 15.6 Å². The lowest BCUT2D eigenvalue weighted by Gasteiger charge is -2.07. The summed E-state index contributed by atoms with van der Waals surface area (Å²) in [5.74, 6) is -1.69. The first kappa shape index (κ1) is 15.6. The van der Waals surface area contributed by atoms with Gasteiger partial charge in [0.25, 0.3) is 5.78 Å². The van der Waals surface area contributed by atoms with Crippen LogP contribution in [0.15, 0.2) is 42.5 Å². The molecule has 0 radical (unpaired) electrons. The topological polar surface area (TPSA) is 89.6 Å². The Morgan fingerprint density at radius 1 is 1.09 bits per heavy atom. The van der Waals surface area contributed by atoms with Crippen LogP contribution in [-0.2, 0) is 17.6 Å². The molecular formula is C17H17NO4. The maximum absolute atomic E-state index is 11.4. The Labute approximate surface area is 128 Å². The number of rotatable bonds is 6. The van der Waals surface area contributed by atoms with Crippen LogP contribution in [0.2, 0.25) is 0 Å². The van der Waals surface area contributed by atoms with E-state index in [0.29, 0.717) is 0 Å². The molecule has 5 heteroatoms. The Morgan fingerprint density at radius 2 is 1.77 bits per heavy atom. The fraction of sp³-hybridized carbons (Fsp3) is 0.176. The quantitative estimate of drug-likeness (QED) is 0.485. The summed E-state index contributed by atoms with van der Waals surface area (Å²) in [5.41, 5.74) is 8.06. The number of Topliss-reactive ketones (excluding diaryl/α,β-unsaturated/α-hetero) is 1. The lowest BCUT2D eigenvalue weighted by Crippen LogP contribution is -2.14. The Kier molecular flexibility index (Phi) is 4.78. The summed E-state index contributed by atoms with van der Waals surface area (Å²) in [4.78, 5) is 22.1. The number of ether oxygens (including phenoxy) is 1. The van der Waals surface area contributed by atoms with Crippen LogP contribution in [0.25, 0.3) is 0 Å². The number of aliphatic carboxylic acids is 1. The van der Waals surface area contributed by atoms with Gasteiger partial charge in [0.05, 0.1) is 12.7 Å². The first-order chi connectivity index (χ1) is 10.5. The second-order valence-electron chi connectivity index (χ2n) is 4.91. The van der Waals surface area contributed by atoms with E-state index in [1.807, 2.05) is 24.3 Å². The Bertz CT molecular complexity index is 710. The van der Waals surface area contributed by atoms with Crippen molar-refractivity contribution < 1.29 is 19.4 Å². The monoisotopic (exact) mass is 299 g/mol. The van der Waals surface area contributed by atoms with Crippen LogP contribution in [-0.4, -0.2) is 24.0 Å². The van der Waals surface area contributed by atoms with Gasteiger partial charge in [-0.05, 0) is 48.2 Å². The van der Waals surface area contributed by atoms with Crippen molar-refractivity contribution in [3.05, 3.63) is 59.2 Å². The number of carboxylic acids is 1. The molecule has 0 fully saturated rings. The van der Waals surface area contributed by atoms with E-state index in [-0.39, 0.29) is 11.3 Å². The summed E-state index contributed by atoms with van der Waals surface area (Å²) in [6.45, 7) is 0. The minimum atomic E-state index is -1.50. The Hall–Kier alpha value is -2.82. The van der Waals surface area contributed by atoms with Crippen molar-refractivity contribution in [1.82, 2.24) is 0 Å². The van der Waals surface area contributed by atoms with Gasteiger partial charge >= 0.3 is 5.97 Å². The highest BCUT2D eigenvalue weighted by Crippen LogP contribution is 2.18. The number of ketones is 1. The lowest BCUT2D eigenvalue weighted by molar-refractivity contribution is -0.131. The first-order valence-corrected chi connectivity index (χ1v) is 6.80. The van der Waals surface area contributed by atoms with Crippen LogP contribution < -0.4 is 10.5 Å². The number of benzene rings is 2. The molecule has 2 aromatic rings. The number of anilines is 1. The van der Waals surface area contributed by atoms with Crippen LogP contribution in [0.3, 0.4) is 0 Å². The van der Waals surface area contributed by atoms with Gasteiger partial charge in [-0.1, -0.05) is 18.2 Å². The van der Waals surface area contributed by atoms with E-state index in [1.54, 1.807) is 19.2 Å².